The summed E-state index contributed by atoms with van der Waals surface area (Å²) in [4.78, 5) is 0. The predicted octanol–water partition coefficient (Wildman–Crippen LogP) is 3.13. The van der Waals surface area contributed by atoms with Crippen LogP contribution in [0, 0.1) is 5.92 Å². The zero-order valence-corrected chi connectivity index (χ0v) is 17.4. The molecule has 1 aliphatic rings. The van der Waals surface area contributed by atoms with Gasteiger partial charge in [-0.2, -0.15) is 0 Å². The van der Waals surface area contributed by atoms with Crippen molar-refractivity contribution in [1.29, 1.82) is 0 Å². The summed E-state index contributed by atoms with van der Waals surface area (Å²) in [5.41, 5.74) is 3.86. The monoisotopic (exact) mass is 389 g/mol. The van der Waals surface area contributed by atoms with Crippen molar-refractivity contribution in [2.75, 3.05) is 6.61 Å². The molecular weight excluding hydrogens is 366 g/mol. The van der Waals surface area contributed by atoms with Crippen LogP contribution < -0.4 is 0 Å². The van der Waals surface area contributed by atoms with Gasteiger partial charge in [-0.15, -0.1) is 24.8 Å². The summed E-state index contributed by atoms with van der Waals surface area (Å²) < 4.78 is 16.8. The van der Waals surface area contributed by atoms with E-state index in [0.29, 0.717) is 10.0 Å². The van der Waals surface area contributed by atoms with Crippen LogP contribution in [0.2, 0.25) is 8.76 Å². The van der Waals surface area contributed by atoms with Gasteiger partial charge < -0.3 is 0 Å². The van der Waals surface area contributed by atoms with E-state index >= 15 is 0 Å². The van der Waals surface area contributed by atoms with Gasteiger partial charge in [0.2, 0.25) is 0 Å². The van der Waals surface area contributed by atoms with Crippen molar-refractivity contribution in [3.63, 3.8) is 0 Å². The minimum Gasteiger partial charge on any atom is -0.147 e. The smallest absolute Gasteiger partial charge is 0.147 e. The first-order chi connectivity index (χ1) is 7.10. The number of aliphatic hydroxyl groups excluding tert-OH is 1. The van der Waals surface area contributed by atoms with E-state index in [-0.39, 0.29) is 31.4 Å². The Morgan fingerprint density at radius 3 is 1.94 bits per heavy atom. The van der Waals surface area contributed by atoms with Gasteiger partial charge in [0.1, 0.15) is 0 Å². The van der Waals surface area contributed by atoms with Crippen LogP contribution in [0.1, 0.15) is 27.7 Å². The van der Waals surface area contributed by atoms with E-state index in [1.807, 2.05) is 4.63 Å². The second-order valence-corrected chi connectivity index (χ2v) is 29.8. The van der Waals surface area contributed by atoms with Crippen molar-refractivity contribution in [3.8, 4) is 0 Å². The van der Waals surface area contributed by atoms with Gasteiger partial charge in [0.15, 0.2) is 0 Å². The fourth-order valence-electron chi connectivity index (χ4n) is 2.93. The van der Waals surface area contributed by atoms with Crippen molar-refractivity contribution in [2.45, 2.75) is 36.5 Å². The van der Waals surface area contributed by atoms with Crippen molar-refractivity contribution in [2.24, 2.45) is 5.92 Å². The molecule has 18 heavy (non-hydrogen) atoms. The van der Waals surface area contributed by atoms with E-state index in [9.17, 15) is 2.81 Å². The molecule has 0 radical (unpaired) electrons. The summed E-state index contributed by atoms with van der Waals surface area (Å²) in [6.07, 6.45) is 0. The molecular formula is C12H25Cl2O2SiZr. The predicted molar refractivity (Wildman–Crippen MR) is 81.7 cm³/mol. The summed E-state index contributed by atoms with van der Waals surface area (Å²) in [6.45, 7) is 10.2. The Balaban J connectivity index is 0. The molecule has 0 amide bonds. The Bertz CT molecular complexity index is 514. The fraction of sp³-hybridized carbons (Fsp3) is 0.667. The van der Waals surface area contributed by atoms with E-state index in [1.165, 1.54) is 20.0 Å². The van der Waals surface area contributed by atoms with Gasteiger partial charge in [-0.05, 0) is 0 Å². The Morgan fingerprint density at radius 2 is 1.67 bits per heavy atom. The molecule has 1 unspecified atom stereocenters. The quantitative estimate of drug-likeness (QED) is 0.751. The summed E-state index contributed by atoms with van der Waals surface area (Å²) in [6, 6.07) is 0. The van der Waals surface area contributed by atoms with Gasteiger partial charge in [0.25, 0.3) is 0 Å². The molecule has 0 aromatic carbocycles. The molecule has 107 valence electrons. The number of hydrogen-bond donors (Lipinski definition) is 1. The Hall–Kier alpha value is 0.920. The fourth-order valence-corrected chi connectivity index (χ4v) is 15.9. The summed E-state index contributed by atoms with van der Waals surface area (Å²) in [7, 11) is 0. The first kappa shape index (κ1) is 21.2. The Labute approximate surface area is 125 Å². The molecule has 0 heterocycles. The van der Waals surface area contributed by atoms with E-state index < -0.39 is 17.4 Å². The van der Waals surface area contributed by atoms with Gasteiger partial charge in [-0.3, -0.25) is 0 Å². The summed E-state index contributed by atoms with van der Waals surface area (Å²) in [5, 5.41) is 9.15. The van der Waals surface area contributed by atoms with E-state index in [0.717, 1.165) is 0 Å². The average Bonchev–Trinajstić information content (AvgIpc) is 2.30. The average molecular weight is 392 g/mol. The minimum atomic E-state index is -4.03. The summed E-state index contributed by atoms with van der Waals surface area (Å²) >= 11 is -4.03. The van der Waals surface area contributed by atoms with Crippen LogP contribution in [0.3, 0.4) is 0 Å². The molecule has 0 fully saturated rings. The molecule has 6 heteroatoms. The Morgan fingerprint density at radius 1 is 1.22 bits per heavy atom. The Kier molecular flexibility index (Phi) is 7.76. The number of aliphatic hydroxyl groups is 1. The standard InChI is InChI=1S/C9H13.C2H5O.CH3.2ClH.O.H2Si.Zr/c1-6-5-7(2)9(4)8(6)3;1-2-3;;;;;;/h6H,1-4H3;3H,1-2H2;1H3;2*1H;;1H2;. The normalized spacial score (nSPS) is 20.7. The molecule has 1 N–H and O–H groups in total. The number of halogens is 2. The molecule has 0 saturated carbocycles. The van der Waals surface area contributed by atoms with Crippen LogP contribution in [-0.4, -0.2) is 18.6 Å². The first-order valence-corrected chi connectivity index (χ1v) is 18.2. The topological polar surface area (TPSA) is 37.3 Å². The van der Waals surface area contributed by atoms with Crippen LogP contribution in [0.4, 0.5) is 0 Å². The van der Waals surface area contributed by atoms with Gasteiger partial charge in [0.05, 0.1) is 0 Å². The van der Waals surface area contributed by atoms with Crippen LogP contribution in [0.5, 0.6) is 0 Å². The maximum absolute atomic E-state index is 13.2. The molecule has 0 bridgehead atoms. The zero-order chi connectivity index (χ0) is 12.7. The van der Waals surface area contributed by atoms with Gasteiger partial charge in [0, 0.05) is 0 Å². The number of rotatable bonds is 3. The van der Waals surface area contributed by atoms with Gasteiger partial charge in [-0.25, -0.2) is 0 Å². The van der Waals surface area contributed by atoms with Crippen LogP contribution in [0.25, 0.3) is 0 Å². The third kappa shape index (κ3) is 3.73. The maximum atomic E-state index is 13.2. The van der Waals surface area contributed by atoms with Crippen LogP contribution in [0.15, 0.2) is 20.0 Å². The maximum Gasteiger partial charge on any atom is -0.147 e. The molecule has 1 aliphatic carbocycles. The third-order valence-electron chi connectivity index (χ3n) is 4.17. The largest absolute Gasteiger partial charge is 0.147 e. The third-order valence-corrected chi connectivity index (χ3v) is 18.0. The molecule has 0 aromatic rings. The van der Waals surface area contributed by atoms with Gasteiger partial charge >= 0.3 is 101 Å². The second kappa shape index (κ2) is 6.58. The van der Waals surface area contributed by atoms with E-state index in [2.05, 4.69) is 27.7 Å². The minimum absolute atomic E-state index is 0. The van der Waals surface area contributed by atoms with Crippen molar-refractivity contribution in [3.05, 3.63) is 20.0 Å². The molecule has 0 spiro atoms. The van der Waals surface area contributed by atoms with E-state index in [1.54, 1.807) is 6.88 Å². The molecule has 0 aromatic heterocycles. The first-order valence-electron chi connectivity index (χ1n) is 5.88. The SMILES string of the molecule is CC1=C(C)C(C)[C]([Zr]([CH3])(=[O])(=[SiH2])[CH2]CO)=C1C.Cl.Cl. The zero-order valence-electron chi connectivity index (χ0n) is 11.9. The summed E-state index contributed by atoms with van der Waals surface area (Å²) in [5.74, 6) is 0.303. The molecule has 1 rings (SSSR count). The van der Waals surface area contributed by atoms with Crippen molar-refractivity contribution >= 4 is 31.7 Å². The number of hydrogen-bond acceptors (Lipinski definition) is 2. The molecule has 2 nitrogen and oxygen atoms in total. The van der Waals surface area contributed by atoms with Crippen LogP contribution in [-0.2, 0) is 20.2 Å². The molecule has 0 aliphatic heterocycles. The second-order valence-electron chi connectivity index (χ2n) is 5.70. The number of allylic oxidation sites excluding steroid dienone is 4. The molecule has 0 saturated heterocycles. The van der Waals surface area contributed by atoms with Gasteiger partial charge in [-0.1, -0.05) is 0 Å². The molecule has 1 atom stereocenters. The van der Waals surface area contributed by atoms with Crippen LogP contribution >= 0.6 is 24.8 Å². The van der Waals surface area contributed by atoms with E-state index in [4.69, 9.17) is 5.11 Å². The van der Waals surface area contributed by atoms with Crippen molar-refractivity contribution < 1.29 is 25.3 Å². The van der Waals surface area contributed by atoms with Crippen molar-refractivity contribution in [1.82, 2.24) is 0 Å².